The van der Waals surface area contributed by atoms with Gasteiger partial charge in [0.05, 0.1) is 5.57 Å². The lowest BCUT2D eigenvalue weighted by Gasteiger charge is -2.03. The van der Waals surface area contributed by atoms with Gasteiger partial charge in [0.15, 0.2) is 5.78 Å². The lowest BCUT2D eigenvalue weighted by Crippen LogP contribution is -2.31. The maximum Gasteiger partial charge on any atom is 0.261 e. The normalized spacial score (nSPS) is 10.8. The Bertz CT molecular complexity index is 1000. The number of carbonyl (C=O) groups excluding carboxylic acids is 3. The zero-order valence-corrected chi connectivity index (χ0v) is 16.3. The van der Waals surface area contributed by atoms with Crippen molar-refractivity contribution < 1.29 is 14.4 Å². The van der Waals surface area contributed by atoms with E-state index in [1.807, 2.05) is 30.3 Å². The van der Waals surface area contributed by atoms with Gasteiger partial charge in [-0.25, -0.2) is 0 Å². The topological polar surface area (TPSA) is 79.0 Å². The van der Waals surface area contributed by atoms with Crippen molar-refractivity contribution in [2.45, 2.75) is 27.2 Å². The van der Waals surface area contributed by atoms with E-state index >= 15 is 0 Å². The summed E-state index contributed by atoms with van der Waals surface area (Å²) in [5.74, 6) is -1.58. The lowest BCUT2D eigenvalue weighted by molar-refractivity contribution is -0.127. The van der Waals surface area contributed by atoms with Gasteiger partial charge in [-0.1, -0.05) is 55.5 Å². The SMILES string of the molecule is CC(=O)NC(=O)/C(=C/c1c[nH]c2ccccc12)C(C)=O.CCc1ccccc1. The van der Waals surface area contributed by atoms with E-state index in [9.17, 15) is 14.4 Å². The number of carbonyl (C=O) groups is 3. The highest BCUT2D eigenvalue weighted by molar-refractivity contribution is 6.24. The van der Waals surface area contributed by atoms with Crippen LogP contribution in [0.5, 0.6) is 0 Å². The summed E-state index contributed by atoms with van der Waals surface area (Å²) >= 11 is 0. The smallest absolute Gasteiger partial charge is 0.261 e. The van der Waals surface area contributed by atoms with Crippen LogP contribution in [0.25, 0.3) is 17.0 Å². The van der Waals surface area contributed by atoms with Crippen molar-refractivity contribution in [3.63, 3.8) is 0 Å². The van der Waals surface area contributed by atoms with Gasteiger partial charge in [0.2, 0.25) is 5.91 Å². The summed E-state index contributed by atoms with van der Waals surface area (Å²) in [6.07, 6.45) is 4.34. The molecule has 1 heterocycles. The molecule has 0 spiro atoms. The largest absolute Gasteiger partial charge is 0.361 e. The molecule has 0 radical (unpaired) electrons. The number of Topliss-reactive ketones (excluding diaryl/α,β-unsaturated/α-hetero) is 1. The molecule has 144 valence electrons. The zero-order valence-electron chi connectivity index (χ0n) is 16.3. The fourth-order valence-electron chi connectivity index (χ4n) is 2.64. The molecule has 0 saturated carbocycles. The summed E-state index contributed by atoms with van der Waals surface area (Å²) in [6.45, 7) is 4.68. The third-order valence-corrected chi connectivity index (χ3v) is 4.09. The Balaban J connectivity index is 0.000000292. The van der Waals surface area contributed by atoms with Crippen LogP contribution < -0.4 is 5.32 Å². The molecule has 0 saturated heterocycles. The Kier molecular flexibility index (Phi) is 7.45. The van der Waals surface area contributed by atoms with E-state index in [0.29, 0.717) is 0 Å². The highest BCUT2D eigenvalue weighted by Crippen LogP contribution is 2.20. The average Bonchev–Trinajstić information content (AvgIpc) is 3.09. The fourth-order valence-corrected chi connectivity index (χ4v) is 2.64. The van der Waals surface area contributed by atoms with E-state index in [2.05, 4.69) is 41.5 Å². The van der Waals surface area contributed by atoms with E-state index in [4.69, 9.17) is 0 Å². The molecule has 0 unspecified atom stereocenters. The van der Waals surface area contributed by atoms with Crippen LogP contribution in [0.2, 0.25) is 0 Å². The molecular weight excluding hydrogens is 352 g/mol. The third kappa shape index (κ3) is 5.77. The maximum atomic E-state index is 11.8. The number of rotatable bonds is 4. The van der Waals surface area contributed by atoms with Crippen molar-refractivity contribution >= 4 is 34.6 Å². The van der Waals surface area contributed by atoms with Crippen molar-refractivity contribution in [3.05, 3.63) is 77.5 Å². The number of benzene rings is 2. The van der Waals surface area contributed by atoms with Crippen LogP contribution in [0.3, 0.4) is 0 Å². The molecule has 0 atom stereocenters. The van der Waals surface area contributed by atoms with E-state index < -0.39 is 17.6 Å². The minimum Gasteiger partial charge on any atom is -0.361 e. The molecule has 5 nitrogen and oxygen atoms in total. The monoisotopic (exact) mass is 376 g/mol. The van der Waals surface area contributed by atoms with Crippen LogP contribution in [0.1, 0.15) is 31.9 Å². The second-order valence-electron chi connectivity index (χ2n) is 6.25. The zero-order chi connectivity index (χ0) is 20.5. The summed E-state index contributed by atoms with van der Waals surface area (Å²) in [7, 11) is 0. The number of amides is 2. The van der Waals surface area contributed by atoms with Gasteiger partial charge in [0, 0.05) is 29.6 Å². The second-order valence-corrected chi connectivity index (χ2v) is 6.25. The Hall–Kier alpha value is -3.47. The third-order valence-electron chi connectivity index (χ3n) is 4.09. The first-order valence-electron chi connectivity index (χ1n) is 9.07. The quantitative estimate of drug-likeness (QED) is 0.410. The summed E-state index contributed by atoms with van der Waals surface area (Å²) in [5, 5.41) is 3.01. The van der Waals surface area contributed by atoms with Gasteiger partial charge in [-0.15, -0.1) is 0 Å². The molecule has 0 bridgehead atoms. The molecule has 2 aromatic carbocycles. The van der Waals surface area contributed by atoms with Crippen molar-refractivity contribution in [2.24, 2.45) is 0 Å². The molecule has 0 aliphatic heterocycles. The van der Waals surface area contributed by atoms with Crippen LogP contribution in [-0.2, 0) is 20.8 Å². The van der Waals surface area contributed by atoms with Crippen molar-refractivity contribution in [3.8, 4) is 0 Å². The van der Waals surface area contributed by atoms with Gasteiger partial charge in [0.1, 0.15) is 0 Å². The number of fused-ring (bicyclic) bond motifs is 1. The van der Waals surface area contributed by atoms with Gasteiger partial charge in [-0.2, -0.15) is 0 Å². The molecule has 2 amide bonds. The number of hydrogen-bond donors (Lipinski definition) is 2. The predicted octanol–water partition coefficient (Wildman–Crippen LogP) is 4.05. The molecule has 1 aromatic heterocycles. The number of imide groups is 1. The number of ketones is 1. The maximum absolute atomic E-state index is 11.8. The van der Waals surface area contributed by atoms with E-state index in [0.717, 1.165) is 22.9 Å². The molecule has 3 aromatic rings. The number of para-hydroxylation sites is 1. The van der Waals surface area contributed by atoms with Gasteiger partial charge >= 0.3 is 0 Å². The van der Waals surface area contributed by atoms with Crippen LogP contribution in [-0.4, -0.2) is 22.6 Å². The van der Waals surface area contributed by atoms with Gasteiger partial charge in [0.25, 0.3) is 5.91 Å². The number of aromatic amines is 1. The van der Waals surface area contributed by atoms with Crippen LogP contribution >= 0.6 is 0 Å². The second kappa shape index (κ2) is 10.0. The van der Waals surface area contributed by atoms with E-state index in [-0.39, 0.29) is 5.57 Å². The van der Waals surface area contributed by atoms with Gasteiger partial charge in [-0.05, 0) is 31.1 Å². The summed E-state index contributed by atoms with van der Waals surface area (Å²) < 4.78 is 0. The van der Waals surface area contributed by atoms with Crippen LogP contribution in [0, 0.1) is 0 Å². The molecule has 3 rings (SSSR count). The summed E-state index contributed by atoms with van der Waals surface area (Å²) in [6, 6.07) is 18.0. The minimum atomic E-state index is -0.685. The molecule has 28 heavy (non-hydrogen) atoms. The van der Waals surface area contributed by atoms with Crippen molar-refractivity contribution in [2.75, 3.05) is 0 Å². The Morgan fingerprint density at radius 3 is 2.18 bits per heavy atom. The number of H-pyrrole nitrogens is 1. The highest BCUT2D eigenvalue weighted by atomic mass is 16.2. The van der Waals surface area contributed by atoms with E-state index in [1.165, 1.54) is 25.5 Å². The number of hydrogen-bond acceptors (Lipinski definition) is 3. The number of nitrogens with one attached hydrogen (secondary N) is 2. The van der Waals surface area contributed by atoms with Crippen molar-refractivity contribution in [1.29, 1.82) is 0 Å². The number of aromatic nitrogens is 1. The van der Waals surface area contributed by atoms with Crippen LogP contribution in [0.15, 0.2) is 66.4 Å². The average molecular weight is 376 g/mol. The Labute approximate surface area is 164 Å². The lowest BCUT2D eigenvalue weighted by atomic mass is 10.1. The molecule has 5 heteroatoms. The number of aryl methyl sites for hydroxylation is 1. The van der Waals surface area contributed by atoms with Crippen LogP contribution in [0.4, 0.5) is 0 Å². The fraction of sp³-hybridized carbons (Fsp3) is 0.174. The van der Waals surface area contributed by atoms with Gasteiger partial charge < -0.3 is 4.98 Å². The van der Waals surface area contributed by atoms with E-state index in [1.54, 1.807) is 6.20 Å². The molecule has 0 fully saturated rings. The molecule has 0 aliphatic rings. The van der Waals surface area contributed by atoms with Gasteiger partial charge in [-0.3, -0.25) is 19.7 Å². The highest BCUT2D eigenvalue weighted by Gasteiger charge is 2.16. The first-order valence-corrected chi connectivity index (χ1v) is 9.07. The Morgan fingerprint density at radius 1 is 0.964 bits per heavy atom. The predicted molar refractivity (Wildman–Crippen MR) is 112 cm³/mol. The minimum absolute atomic E-state index is 0.0510. The summed E-state index contributed by atoms with van der Waals surface area (Å²) in [4.78, 5) is 37.4. The Morgan fingerprint density at radius 2 is 1.61 bits per heavy atom. The molecule has 0 aliphatic carbocycles. The van der Waals surface area contributed by atoms with Crippen molar-refractivity contribution in [1.82, 2.24) is 10.3 Å². The molecular formula is C23H24N2O3. The summed E-state index contributed by atoms with van der Waals surface area (Å²) in [5.41, 5.74) is 3.00. The standard InChI is InChI=1S/C15H14N2O3.C8H10/c1-9(18)13(15(20)17-10(2)19)7-11-8-16-14-6-4-3-5-12(11)14;1-2-8-6-4-3-5-7-8/h3-8,16H,1-2H3,(H,17,19,20);3-7H,2H2,1H3/b13-7+;. The molecule has 2 N–H and O–H groups in total. The first-order chi connectivity index (χ1) is 13.4. The first kappa shape index (κ1) is 20.8.